The number of nitrogens with two attached hydrogens (primary N) is 1. The first-order valence-electron chi connectivity index (χ1n) is 7.24. The number of hydrogen-bond donors (Lipinski definition) is 2. The highest BCUT2D eigenvalue weighted by Gasteiger charge is 2.31. The van der Waals surface area contributed by atoms with Crippen molar-refractivity contribution in [2.24, 2.45) is 5.73 Å². The first kappa shape index (κ1) is 14.8. The quantitative estimate of drug-likeness (QED) is 0.798. The van der Waals surface area contributed by atoms with Crippen molar-refractivity contribution in [2.75, 3.05) is 5.75 Å². The number of sulfone groups is 1. The fourth-order valence-corrected chi connectivity index (χ4v) is 4.82. The summed E-state index contributed by atoms with van der Waals surface area (Å²) in [6, 6.07) is 0.335. The smallest absolute Gasteiger partial charge is 0.235 e. The molecule has 0 atom stereocenters. The van der Waals surface area contributed by atoms with Gasteiger partial charge in [0, 0.05) is 12.1 Å². The van der Waals surface area contributed by atoms with E-state index in [1.54, 1.807) is 0 Å². The molecule has 2 rings (SSSR count). The van der Waals surface area contributed by atoms with E-state index in [-0.39, 0.29) is 29.0 Å². The van der Waals surface area contributed by atoms with Gasteiger partial charge in [0.05, 0.1) is 5.25 Å². The Morgan fingerprint density at radius 3 is 2.21 bits per heavy atom. The van der Waals surface area contributed by atoms with E-state index in [2.05, 4.69) is 5.32 Å². The standard InChI is InChI=1S/C13H24N2O3S/c14-10-5-7-11(8-6-10)15-13(16)9-19(17,18)12-3-1-2-4-12/h10-12H,1-9,14H2,(H,15,16). The third-order valence-corrected chi connectivity index (χ3v) is 6.43. The summed E-state index contributed by atoms with van der Waals surface area (Å²) in [5.41, 5.74) is 5.80. The van der Waals surface area contributed by atoms with Crippen molar-refractivity contribution < 1.29 is 13.2 Å². The zero-order valence-electron chi connectivity index (χ0n) is 11.3. The van der Waals surface area contributed by atoms with E-state index >= 15 is 0 Å². The molecule has 0 aliphatic heterocycles. The Bertz CT molecular complexity index is 408. The van der Waals surface area contributed by atoms with Crippen molar-refractivity contribution in [1.29, 1.82) is 0 Å². The first-order chi connectivity index (χ1) is 8.97. The average Bonchev–Trinajstić information content (AvgIpc) is 2.85. The predicted molar refractivity (Wildman–Crippen MR) is 74.4 cm³/mol. The molecule has 1 amide bonds. The Labute approximate surface area is 115 Å². The number of carbonyl (C=O) groups excluding carboxylic acids is 1. The van der Waals surface area contributed by atoms with Gasteiger partial charge in [-0.25, -0.2) is 8.42 Å². The Kier molecular flexibility index (Phi) is 4.84. The average molecular weight is 288 g/mol. The maximum atomic E-state index is 12.1. The maximum Gasteiger partial charge on any atom is 0.235 e. The summed E-state index contributed by atoms with van der Waals surface area (Å²) in [4.78, 5) is 11.8. The molecule has 19 heavy (non-hydrogen) atoms. The lowest BCUT2D eigenvalue weighted by molar-refractivity contribution is -0.119. The second-order valence-corrected chi connectivity index (χ2v) is 8.17. The molecule has 0 bridgehead atoms. The molecule has 0 spiro atoms. The number of carbonyl (C=O) groups is 1. The molecular formula is C13H24N2O3S. The highest BCUT2D eigenvalue weighted by Crippen LogP contribution is 2.25. The SMILES string of the molecule is NC1CCC(NC(=O)CS(=O)(=O)C2CCCC2)CC1. The van der Waals surface area contributed by atoms with Gasteiger partial charge in [0.2, 0.25) is 5.91 Å². The lowest BCUT2D eigenvalue weighted by atomic mass is 9.92. The van der Waals surface area contributed by atoms with Crippen LogP contribution in [0.1, 0.15) is 51.4 Å². The first-order valence-corrected chi connectivity index (χ1v) is 8.95. The van der Waals surface area contributed by atoms with Crippen LogP contribution >= 0.6 is 0 Å². The maximum absolute atomic E-state index is 12.1. The summed E-state index contributed by atoms with van der Waals surface area (Å²) in [6.45, 7) is 0. The summed E-state index contributed by atoms with van der Waals surface area (Å²) >= 11 is 0. The fourth-order valence-electron chi connectivity index (χ4n) is 3.08. The van der Waals surface area contributed by atoms with Crippen LogP contribution in [0, 0.1) is 0 Å². The molecule has 0 aromatic carbocycles. The minimum atomic E-state index is -3.26. The Hall–Kier alpha value is -0.620. The molecule has 2 aliphatic carbocycles. The molecule has 3 N–H and O–H groups in total. The minimum Gasteiger partial charge on any atom is -0.352 e. The van der Waals surface area contributed by atoms with Crippen LogP contribution in [0.15, 0.2) is 0 Å². The van der Waals surface area contributed by atoms with Crippen molar-refractivity contribution in [3.05, 3.63) is 0 Å². The van der Waals surface area contributed by atoms with Crippen molar-refractivity contribution >= 4 is 15.7 Å². The van der Waals surface area contributed by atoms with Gasteiger partial charge in [-0.2, -0.15) is 0 Å². The van der Waals surface area contributed by atoms with Crippen LogP contribution < -0.4 is 11.1 Å². The molecule has 0 unspecified atom stereocenters. The molecule has 110 valence electrons. The summed E-state index contributed by atoms with van der Waals surface area (Å²) < 4.78 is 24.1. The summed E-state index contributed by atoms with van der Waals surface area (Å²) in [6.07, 6.45) is 6.88. The molecule has 0 heterocycles. The summed E-state index contributed by atoms with van der Waals surface area (Å²) in [5.74, 6) is -0.687. The third kappa shape index (κ3) is 4.18. The largest absolute Gasteiger partial charge is 0.352 e. The van der Waals surface area contributed by atoms with Gasteiger partial charge in [-0.1, -0.05) is 12.8 Å². The van der Waals surface area contributed by atoms with E-state index < -0.39 is 9.84 Å². The van der Waals surface area contributed by atoms with Gasteiger partial charge in [0.1, 0.15) is 5.75 Å². The van der Waals surface area contributed by atoms with Gasteiger partial charge >= 0.3 is 0 Å². The molecule has 0 aromatic heterocycles. The van der Waals surface area contributed by atoms with Gasteiger partial charge in [-0.05, 0) is 38.5 Å². The number of rotatable bonds is 4. The topological polar surface area (TPSA) is 89.3 Å². The summed E-state index contributed by atoms with van der Waals surface area (Å²) in [5, 5.41) is 2.55. The van der Waals surface area contributed by atoms with E-state index in [0.717, 1.165) is 38.5 Å². The van der Waals surface area contributed by atoms with E-state index in [1.807, 2.05) is 0 Å². The fraction of sp³-hybridized carbons (Fsp3) is 0.923. The van der Waals surface area contributed by atoms with Crippen LogP contribution in [0.25, 0.3) is 0 Å². The van der Waals surface area contributed by atoms with Crippen LogP contribution in [-0.4, -0.2) is 37.4 Å². The predicted octanol–water partition coefficient (Wildman–Crippen LogP) is 0.730. The molecule has 2 aliphatic rings. The van der Waals surface area contributed by atoms with Gasteiger partial charge < -0.3 is 11.1 Å². The zero-order chi connectivity index (χ0) is 13.9. The Morgan fingerprint density at radius 1 is 1.05 bits per heavy atom. The molecule has 2 fully saturated rings. The van der Waals surface area contributed by atoms with Crippen LogP contribution in [0.4, 0.5) is 0 Å². The molecule has 2 saturated carbocycles. The molecular weight excluding hydrogens is 264 g/mol. The molecule has 0 aromatic rings. The van der Waals surface area contributed by atoms with E-state index in [1.165, 1.54) is 0 Å². The molecule has 0 radical (unpaired) electrons. The number of amides is 1. The minimum absolute atomic E-state index is 0.103. The molecule has 0 saturated heterocycles. The van der Waals surface area contributed by atoms with E-state index in [0.29, 0.717) is 12.8 Å². The number of nitrogens with one attached hydrogen (secondary N) is 1. The van der Waals surface area contributed by atoms with Gasteiger partial charge in [0.15, 0.2) is 9.84 Å². The van der Waals surface area contributed by atoms with Crippen molar-refractivity contribution in [3.63, 3.8) is 0 Å². The van der Waals surface area contributed by atoms with Crippen molar-refractivity contribution in [3.8, 4) is 0 Å². The highest BCUT2D eigenvalue weighted by atomic mass is 32.2. The second kappa shape index (κ2) is 6.22. The third-order valence-electron chi connectivity index (χ3n) is 4.28. The van der Waals surface area contributed by atoms with Crippen LogP contribution in [0.3, 0.4) is 0 Å². The Balaban J connectivity index is 1.80. The van der Waals surface area contributed by atoms with Crippen LogP contribution in [0.5, 0.6) is 0 Å². The van der Waals surface area contributed by atoms with Gasteiger partial charge in [-0.15, -0.1) is 0 Å². The molecule has 5 nitrogen and oxygen atoms in total. The monoisotopic (exact) mass is 288 g/mol. The van der Waals surface area contributed by atoms with E-state index in [4.69, 9.17) is 5.73 Å². The van der Waals surface area contributed by atoms with Gasteiger partial charge in [-0.3, -0.25) is 4.79 Å². The van der Waals surface area contributed by atoms with Crippen molar-refractivity contribution in [1.82, 2.24) is 5.32 Å². The van der Waals surface area contributed by atoms with Crippen LogP contribution in [0.2, 0.25) is 0 Å². The van der Waals surface area contributed by atoms with Gasteiger partial charge in [0.25, 0.3) is 0 Å². The second-order valence-electron chi connectivity index (χ2n) is 5.89. The zero-order valence-corrected chi connectivity index (χ0v) is 12.1. The lowest BCUT2D eigenvalue weighted by Crippen LogP contribution is -2.43. The lowest BCUT2D eigenvalue weighted by Gasteiger charge is -2.26. The van der Waals surface area contributed by atoms with Crippen LogP contribution in [-0.2, 0) is 14.6 Å². The highest BCUT2D eigenvalue weighted by molar-refractivity contribution is 7.92. The number of hydrogen-bond acceptors (Lipinski definition) is 4. The van der Waals surface area contributed by atoms with Crippen molar-refractivity contribution in [2.45, 2.75) is 68.7 Å². The van der Waals surface area contributed by atoms with E-state index in [9.17, 15) is 13.2 Å². The molecule has 6 heteroatoms. The normalized spacial score (nSPS) is 29.3. The Morgan fingerprint density at radius 2 is 1.63 bits per heavy atom. The summed E-state index contributed by atoms with van der Waals surface area (Å²) in [7, 11) is -3.26.